The SMILES string of the molecule is CC(C)COC(=O)c1ccc(Nc2ncnc(Nc3cccc(Br)c3)c2[N+](=O)[O-])cc1. The molecule has 0 saturated heterocycles. The van der Waals surface area contributed by atoms with Crippen LogP contribution in [0.5, 0.6) is 0 Å². The number of halogens is 1. The van der Waals surface area contributed by atoms with Crippen LogP contribution in [0.2, 0.25) is 0 Å². The van der Waals surface area contributed by atoms with Gasteiger partial charge in [0, 0.05) is 15.8 Å². The summed E-state index contributed by atoms with van der Waals surface area (Å²) in [4.78, 5) is 31.3. The van der Waals surface area contributed by atoms with E-state index in [4.69, 9.17) is 4.74 Å². The summed E-state index contributed by atoms with van der Waals surface area (Å²) in [5.41, 5.74) is 1.24. The monoisotopic (exact) mass is 485 g/mol. The summed E-state index contributed by atoms with van der Waals surface area (Å²) in [7, 11) is 0. The van der Waals surface area contributed by atoms with Crippen LogP contribution in [0.3, 0.4) is 0 Å². The van der Waals surface area contributed by atoms with Gasteiger partial charge in [0.2, 0.25) is 11.6 Å². The first-order valence-corrected chi connectivity index (χ1v) is 10.2. The van der Waals surface area contributed by atoms with Crippen LogP contribution >= 0.6 is 15.9 Å². The van der Waals surface area contributed by atoms with Gasteiger partial charge < -0.3 is 15.4 Å². The van der Waals surface area contributed by atoms with E-state index in [2.05, 4.69) is 36.5 Å². The van der Waals surface area contributed by atoms with Crippen molar-refractivity contribution in [1.29, 1.82) is 0 Å². The normalized spacial score (nSPS) is 10.6. The standard InChI is InChI=1S/C21H20BrN5O4/c1-13(2)11-31-21(28)14-6-8-16(9-7-14)25-19-18(27(29)30)20(24-12-23-19)26-17-5-3-4-15(22)10-17/h3-10,12-13H,11H2,1-2H3,(H2,23,24,25,26). The summed E-state index contributed by atoms with van der Waals surface area (Å²) in [5.74, 6) is -0.112. The van der Waals surface area contributed by atoms with E-state index in [0.717, 1.165) is 4.47 Å². The molecule has 0 fully saturated rings. The summed E-state index contributed by atoms with van der Waals surface area (Å²) in [6, 6.07) is 13.6. The second-order valence-corrected chi connectivity index (χ2v) is 7.92. The zero-order chi connectivity index (χ0) is 22.4. The van der Waals surface area contributed by atoms with Gasteiger partial charge in [0.1, 0.15) is 6.33 Å². The lowest BCUT2D eigenvalue weighted by molar-refractivity contribution is -0.383. The first-order valence-electron chi connectivity index (χ1n) is 9.39. The Morgan fingerprint density at radius 1 is 1.10 bits per heavy atom. The summed E-state index contributed by atoms with van der Waals surface area (Å²) in [6.07, 6.45) is 1.23. The second kappa shape index (κ2) is 9.98. The number of anilines is 4. The maximum atomic E-state index is 12.0. The predicted octanol–water partition coefficient (Wildman–Crippen LogP) is 5.45. The van der Waals surface area contributed by atoms with Gasteiger partial charge in [-0.15, -0.1) is 0 Å². The number of benzene rings is 2. The molecule has 0 amide bonds. The highest BCUT2D eigenvalue weighted by atomic mass is 79.9. The highest BCUT2D eigenvalue weighted by Crippen LogP contribution is 2.33. The van der Waals surface area contributed by atoms with Crippen molar-refractivity contribution < 1.29 is 14.5 Å². The first-order chi connectivity index (χ1) is 14.8. The van der Waals surface area contributed by atoms with Crippen LogP contribution in [0.1, 0.15) is 24.2 Å². The van der Waals surface area contributed by atoms with Crippen LogP contribution in [0, 0.1) is 16.0 Å². The minimum Gasteiger partial charge on any atom is -0.462 e. The summed E-state index contributed by atoms with van der Waals surface area (Å²) >= 11 is 3.36. The molecule has 3 rings (SSSR count). The third-order valence-electron chi connectivity index (χ3n) is 4.02. The van der Waals surface area contributed by atoms with Gasteiger partial charge in [-0.1, -0.05) is 35.8 Å². The van der Waals surface area contributed by atoms with E-state index in [-0.39, 0.29) is 23.2 Å². The van der Waals surface area contributed by atoms with Crippen LogP contribution in [0.25, 0.3) is 0 Å². The highest BCUT2D eigenvalue weighted by molar-refractivity contribution is 9.10. The smallest absolute Gasteiger partial charge is 0.353 e. The lowest BCUT2D eigenvalue weighted by Gasteiger charge is -2.11. The van der Waals surface area contributed by atoms with Gasteiger partial charge in [0.25, 0.3) is 0 Å². The van der Waals surface area contributed by atoms with Crippen LogP contribution in [-0.4, -0.2) is 27.5 Å². The molecule has 2 aromatic carbocycles. The predicted molar refractivity (Wildman–Crippen MR) is 121 cm³/mol. The molecule has 0 bridgehead atoms. The van der Waals surface area contributed by atoms with E-state index in [1.165, 1.54) is 6.33 Å². The van der Waals surface area contributed by atoms with Crippen molar-refractivity contribution in [1.82, 2.24) is 9.97 Å². The Morgan fingerprint density at radius 2 is 1.74 bits per heavy atom. The molecule has 1 heterocycles. The molecule has 2 N–H and O–H groups in total. The third kappa shape index (κ3) is 5.98. The number of nitrogens with one attached hydrogen (secondary N) is 2. The number of hydrogen-bond donors (Lipinski definition) is 2. The van der Waals surface area contributed by atoms with Crippen LogP contribution in [-0.2, 0) is 4.74 Å². The van der Waals surface area contributed by atoms with Gasteiger partial charge in [0.05, 0.1) is 17.1 Å². The lowest BCUT2D eigenvalue weighted by Crippen LogP contribution is -2.10. The Labute approximate surface area is 187 Å². The van der Waals surface area contributed by atoms with Gasteiger partial charge >= 0.3 is 11.7 Å². The maximum absolute atomic E-state index is 12.0. The lowest BCUT2D eigenvalue weighted by atomic mass is 10.2. The van der Waals surface area contributed by atoms with Crippen molar-refractivity contribution in [2.75, 3.05) is 17.2 Å². The molecule has 10 heteroatoms. The van der Waals surface area contributed by atoms with E-state index in [1.807, 2.05) is 19.9 Å². The summed E-state index contributed by atoms with van der Waals surface area (Å²) in [6.45, 7) is 4.24. The van der Waals surface area contributed by atoms with Gasteiger partial charge in [-0.05, 0) is 48.4 Å². The number of nitrogens with zero attached hydrogens (tertiary/aromatic N) is 3. The van der Waals surface area contributed by atoms with Gasteiger partial charge in [-0.3, -0.25) is 10.1 Å². The Balaban J connectivity index is 1.81. The van der Waals surface area contributed by atoms with Gasteiger partial charge in [-0.2, -0.15) is 0 Å². The van der Waals surface area contributed by atoms with E-state index >= 15 is 0 Å². The zero-order valence-corrected chi connectivity index (χ0v) is 18.4. The topological polar surface area (TPSA) is 119 Å². The molecule has 3 aromatic rings. The highest BCUT2D eigenvalue weighted by Gasteiger charge is 2.23. The summed E-state index contributed by atoms with van der Waals surface area (Å²) in [5, 5.41) is 17.6. The molecule has 0 radical (unpaired) electrons. The van der Waals surface area contributed by atoms with Crippen molar-refractivity contribution in [2.24, 2.45) is 5.92 Å². The Hall–Kier alpha value is -3.53. The largest absolute Gasteiger partial charge is 0.462 e. The fourth-order valence-electron chi connectivity index (χ4n) is 2.59. The molecule has 0 saturated carbocycles. The van der Waals surface area contributed by atoms with Crippen molar-refractivity contribution in [3.05, 3.63) is 75.0 Å². The fraction of sp³-hybridized carbons (Fsp3) is 0.190. The number of carbonyl (C=O) groups is 1. The van der Waals surface area contributed by atoms with Gasteiger partial charge in [0.15, 0.2) is 0 Å². The van der Waals surface area contributed by atoms with E-state index in [1.54, 1.807) is 42.5 Å². The molecule has 0 unspecified atom stereocenters. The molecule has 1 aromatic heterocycles. The van der Waals surface area contributed by atoms with Crippen molar-refractivity contribution in [3.8, 4) is 0 Å². The molecular weight excluding hydrogens is 466 g/mol. The quantitative estimate of drug-likeness (QED) is 0.245. The van der Waals surface area contributed by atoms with E-state index in [0.29, 0.717) is 23.5 Å². The maximum Gasteiger partial charge on any atom is 0.353 e. The second-order valence-electron chi connectivity index (χ2n) is 7.01. The minimum absolute atomic E-state index is 0.0210. The van der Waals surface area contributed by atoms with Crippen LogP contribution in [0.15, 0.2) is 59.3 Å². The number of carbonyl (C=O) groups excluding carboxylic acids is 1. The van der Waals surface area contributed by atoms with Crippen LogP contribution in [0.4, 0.5) is 28.7 Å². The number of ether oxygens (including phenoxy) is 1. The Bertz CT molecular complexity index is 1090. The van der Waals surface area contributed by atoms with E-state index in [9.17, 15) is 14.9 Å². The zero-order valence-electron chi connectivity index (χ0n) is 16.8. The van der Waals surface area contributed by atoms with Crippen LogP contribution < -0.4 is 10.6 Å². The molecular formula is C21H20BrN5O4. The number of aromatic nitrogens is 2. The molecule has 0 aliphatic rings. The Morgan fingerprint density at radius 3 is 2.32 bits per heavy atom. The fourth-order valence-corrected chi connectivity index (χ4v) is 2.99. The number of esters is 1. The first kappa shape index (κ1) is 22.2. The van der Waals surface area contributed by atoms with E-state index < -0.39 is 10.9 Å². The molecule has 0 aliphatic carbocycles. The molecule has 9 nitrogen and oxygen atoms in total. The summed E-state index contributed by atoms with van der Waals surface area (Å²) < 4.78 is 6.02. The van der Waals surface area contributed by atoms with Crippen molar-refractivity contribution >= 4 is 50.6 Å². The molecule has 0 atom stereocenters. The average molecular weight is 486 g/mol. The molecule has 0 aliphatic heterocycles. The average Bonchev–Trinajstić information content (AvgIpc) is 2.72. The molecule has 0 spiro atoms. The minimum atomic E-state index is -0.555. The number of rotatable bonds is 8. The molecule has 160 valence electrons. The molecule has 31 heavy (non-hydrogen) atoms. The van der Waals surface area contributed by atoms with Crippen molar-refractivity contribution in [2.45, 2.75) is 13.8 Å². The third-order valence-corrected chi connectivity index (χ3v) is 4.52. The Kier molecular flexibility index (Phi) is 7.14. The van der Waals surface area contributed by atoms with Crippen molar-refractivity contribution in [3.63, 3.8) is 0 Å². The number of nitro groups is 1. The number of hydrogen-bond acceptors (Lipinski definition) is 8. The van der Waals surface area contributed by atoms with Gasteiger partial charge in [-0.25, -0.2) is 14.8 Å².